The van der Waals surface area contributed by atoms with E-state index < -0.39 is 0 Å². The normalized spacial score (nSPS) is 10.8. The standard InChI is InChI=1S/C11H13ClN4/c1-4-16-6-9(5-13-16)11-14-8(3)7(2)10(12)15-11/h5-6H,4H2,1-3H3. The summed E-state index contributed by atoms with van der Waals surface area (Å²) < 4.78 is 1.84. The minimum atomic E-state index is 0.506. The first kappa shape index (κ1) is 11.1. The van der Waals surface area contributed by atoms with E-state index in [1.54, 1.807) is 6.20 Å². The summed E-state index contributed by atoms with van der Waals surface area (Å²) in [6, 6.07) is 0. The highest BCUT2D eigenvalue weighted by molar-refractivity contribution is 6.30. The second-order valence-corrected chi connectivity index (χ2v) is 3.99. The van der Waals surface area contributed by atoms with E-state index in [1.807, 2.05) is 31.6 Å². The van der Waals surface area contributed by atoms with Crippen LogP contribution in [0.5, 0.6) is 0 Å². The van der Waals surface area contributed by atoms with Gasteiger partial charge in [-0.3, -0.25) is 4.68 Å². The number of aryl methyl sites for hydroxylation is 2. The van der Waals surface area contributed by atoms with E-state index >= 15 is 0 Å². The Morgan fingerprint density at radius 3 is 2.62 bits per heavy atom. The molecule has 2 aromatic rings. The van der Waals surface area contributed by atoms with Gasteiger partial charge in [0.1, 0.15) is 5.15 Å². The highest BCUT2D eigenvalue weighted by Gasteiger charge is 2.09. The van der Waals surface area contributed by atoms with Crippen molar-refractivity contribution in [3.63, 3.8) is 0 Å². The van der Waals surface area contributed by atoms with E-state index in [-0.39, 0.29) is 0 Å². The molecule has 0 atom stereocenters. The minimum Gasteiger partial charge on any atom is -0.272 e. The SMILES string of the molecule is CCn1cc(-c2nc(C)c(C)c(Cl)n2)cn1. The highest BCUT2D eigenvalue weighted by Crippen LogP contribution is 2.20. The van der Waals surface area contributed by atoms with Gasteiger partial charge in [-0.25, -0.2) is 9.97 Å². The Labute approximate surface area is 99.3 Å². The van der Waals surface area contributed by atoms with Crippen LogP contribution in [-0.2, 0) is 6.54 Å². The zero-order valence-electron chi connectivity index (χ0n) is 9.53. The average Bonchev–Trinajstić information content (AvgIpc) is 2.73. The fraction of sp³-hybridized carbons (Fsp3) is 0.364. The molecule has 2 rings (SSSR count). The third kappa shape index (κ3) is 1.93. The molecular weight excluding hydrogens is 224 g/mol. The van der Waals surface area contributed by atoms with Crippen molar-refractivity contribution in [2.75, 3.05) is 0 Å². The maximum Gasteiger partial charge on any atom is 0.164 e. The first-order valence-electron chi connectivity index (χ1n) is 5.15. The molecule has 2 heterocycles. The molecule has 2 aromatic heterocycles. The lowest BCUT2D eigenvalue weighted by Crippen LogP contribution is -1.96. The molecule has 0 fully saturated rings. The minimum absolute atomic E-state index is 0.506. The van der Waals surface area contributed by atoms with E-state index in [1.165, 1.54) is 0 Å². The second-order valence-electron chi connectivity index (χ2n) is 3.63. The Balaban J connectivity index is 2.48. The highest BCUT2D eigenvalue weighted by atomic mass is 35.5. The average molecular weight is 237 g/mol. The topological polar surface area (TPSA) is 43.6 Å². The first-order valence-corrected chi connectivity index (χ1v) is 5.53. The summed E-state index contributed by atoms with van der Waals surface area (Å²) in [6.07, 6.45) is 3.67. The van der Waals surface area contributed by atoms with Gasteiger partial charge in [-0.15, -0.1) is 0 Å². The van der Waals surface area contributed by atoms with Crippen molar-refractivity contribution in [3.8, 4) is 11.4 Å². The van der Waals surface area contributed by atoms with E-state index in [4.69, 9.17) is 11.6 Å². The van der Waals surface area contributed by atoms with Crippen molar-refractivity contribution in [1.82, 2.24) is 19.7 Å². The lowest BCUT2D eigenvalue weighted by Gasteiger charge is -2.03. The van der Waals surface area contributed by atoms with Crippen molar-refractivity contribution in [2.45, 2.75) is 27.3 Å². The van der Waals surface area contributed by atoms with Gasteiger partial charge in [0.2, 0.25) is 0 Å². The zero-order valence-corrected chi connectivity index (χ0v) is 10.3. The maximum atomic E-state index is 6.03. The lowest BCUT2D eigenvalue weighted by molar-refractivity contribution is 0.660. The third-order valence-electron chi connectivity index (χ3n) is 2.55. The van der Waals surface area contributed by atoms with E-state index in [0.717, 1.165) is 23.4 Å². The van der Waals surface area contributed by atoms with Gasteiger partial charge in [0, 0.05) is 24.0 Å². The van der Waals surface area contributed by atoms with Crippen molar-refractivity contribution in [3.05, 3.63) is 28.8 Å². The molecule has 0 aliphatic carbocycles. The fourth-order valence-electron chi connectivity index (χ4n) is 1.37. The molecule has 0 bridgehead atoms. The summed E-state index contributed by atoms with van der Waals surface area (Å²) in [5.41, 5.74) is 2.72. The van der Waals surface area contributed by atoms with Gasteiger partial charge in [-0.1, -0.05) is 11.6 Å². The number of nitrogens with zero attached hydrogens (tertiary/aromatic N) is 4. The quantitative estimate of drug-likeness (QED) is 0.753. The molecule has 0 unspecified atom stereocenters. The van der Waals surface area contributed by atoms with E-state index in [2.05, 4.69) is 15.1 Å². The third-order valence-corrected chi connectivity index (χ3v) is 2.91. The lowest BCUT2D eigenvalue weighted by atomic mass is 10.2. The van der Waals surface area contributed by atoms with Crippen LogP contribution in [0.4, 0.5) is 0 Å². The van der Waals surface area contributed by atoms with Crippen LogP contribution in [0.3, 0.4) is 0 Å². The van der Waals surface area contributed by atoms with Crippen LogP contribution in [0.2, 0.25) is 5.15 Å². The van der Waals surface area contributed by atoms with Gasteiger partial charge >= 0.3 is 0 Å². The number of hydrogen-bond acceptors (Lipinski definition) is 3. The summed E-state index contributed by atoms with van der Waals surface area (Å²) in [7, 11) is 0. The molecule has 0 aliphatic heterocycles. The van der Waals surface area contributed by atoms with Gasteiger partial charge in [0.05, 0.1) is 11.8 Å². The van der Waals surface area contributed by atoms with Crippen molar-refractivity contribution in [2.24, 2.45) is 0 Å². The molecular formula is C11H13ClN4. The van der Waals surface area contributed by atoms with Gasteiger partial charge in [-0.05, 0) is 20.8 Å². The fourth-order valence-corrected chi connectivity index (χ4v) is 1.59. The smallest absolute Gasteiger partial charge is 0.164 e. The molecule has 0 amide bonds. The Hall–Kier alpha value is -1.42. The molecule has 0 saturated carbocycles. The van der Waals surface area contributed by atoms with Crippen molar-refractivity contribution < 1.29 is 0 Å². The Morgan fingerprint density at radius 1 is 1.31 bits per heavy atom. The predicted octanol–water partition coefficient (Wildman–Crippen LogP) is 2.63. The molecule has 0 aromatic carbocycles. The number of hydrogen-bond donors (Lipinski definition) is 0. The van der Waals surface area contributed by atoms with Crippen LogP contribution in [0, 0.1) is 13.8 Å². The summed E-state index contributed by atoms with van der Waals surface area (Å²) in [5.74, 6) is 0.632. The number of aromatic nitrogens is 4. The summed E-state index contributed by atoms with van der Waals surface area (Å²) in [6.45, 7) is 6.71. The van der Waals surface area contributed by atoms with Crippen LogP contribution in [-0.4, -0.2) is 19.7 Å². The molecule has 16 heavy (non-hydrogen) atoms. The van der Waals surface area contributed by atoms with Crippen LogP contribution >= 0.6 is 11.6 Å². The van der Waals surface area contributed by atoms with Gasteiger partial charge in [0.15, 0.2) is 5.82 Å². The largest absolute Gasteiger partial charge is 0.272 e. The Morgan fingerprint density at radius 2 is 2.06 bits per heavy atom. The van der Waals surface area contributed by atoms with Gasteiger partial charge in [-0.2, -0.15) is 5.10 Å². The summed E-state index contributed by atoms with van der Waals surface area (Å²) in [4.78, 5) is 8.65. The van der Waals surface area contributed by atoms with Crippen LogP contribution in [0.15, 0.2) is 12.4 Å². The van der Waals surface area contributed by atoms with E-state index in [0.29, 0.717) is 11.0 Å². The van der Waals surface area contributed by atoms with Crippen LogP contribution in [0.1, 0.15) is 18.2 Å². The van der Waals surface area contributed by atoms with Crippen molar-refractivity contribution >= 4 is 11.6 Å². The zero-order chi connectivity index (χ0) is 11.7. The van der Waals surface area contributed by atoms with Crippen LogP contribution < -0.4 is 0 Å². The predicted molar refractivity (Wildman–Crippen MR) is 63.4 cm³/mol. The molecule has 0 saturated heterocycles. The van der Waals surface area contributed by atoms with E-state index in [9.17, 15) is 0 Å². The monoisotopic (exact) mass is 236 g/mol. The first-order chi connectivity index (χ1) is 7.61. The van der Waals surface area contributed by atoms with Gasteiger partial charge in [0.25, 0.3) is 0 Å². The summed E-state index contributed by atoms with van der Waals surface area (Å²) >= 11 is 6.03. The summed E-state index contributed by atoms with van der Waals surface area (Å²) in [5, 5.41) is 4.69. The van der Waals surface area contributed by atoms with Crippen LogP contribution in [0.25, 0.3) is 11.4 Å². The molecule has 84 valence electrons. The number of halogens is 1. The Kier molecular flexibility index (Phi) is 2.92. The Bertz CT molecular complexity index is 495. The molecule has 0 spiro atoms. The molecule has 5 heteroatoms. The number of rotatable bonds is 2. The molecule has 0 radical (unpaired) electrons. The molecule has 0 N–H and O–H groups in total. The van der Waals surface area contributed by atoms with Gasteiger partial charge < -0.3 is 0 Å². The maximum absolute atomic E-state index is 6.03. The second kappa shape index (κ2) is 4.22. The molecule has 0 aliphatic rings. The molecule has 4 nitrogen and oxygen atoms in total. The van der Waals surface area contributed by atoms with Crippen molar-refractivity contribution in [1.29, 1.82) is 0 Å².